The Morgan fingerprint density at radius 2 is 0.797 bits per heavy atom. The van der Waals surface area contributed by atoms with Gasteiger partial charge in [0.2, 0.25) is 11.8 Å². The summed E-state index contributed by atoms with van der Waals surface area (Å²) in [5.74, 6) is -0.115. The van der Waals surface area contributed by atoms with Crippen molar-refractivity contribution in [2.24, 2.45) is 0 Å². The lowest BCUT2D eigenvalue weighted by atomic mass is 9.96. The van der Waals surface area contributed by atoms with Crippen LogP contribution in [0.25, 0.3) is 88.0 Å². The first-order valence-corrected chi connectivity index (χ1v) is 19.8. The van der Waals surface area contributed by atoms with Crippen LogP contribution in [-0.2, 0) is 4.74 Å². The van der Waals surface area contributed by atoms with Gasteiger partial charge < -0.3 is 13.9 Å². The lowest BCUT2D eigenvalue weighted by Crippen LogP contribution is -2.12. The van der Waals surface area contributed by atoms with Crippen LogP contribution in [-0.4, -0.2) is 20.9 Å². The number of fused-ring (bicyclic) bond motifs is 7. The van der Waals surface area contributed by atoms with Crippen molar-refractivity contribution in [1.82, 2.24) is 9.13 Å². The molecule has 0 radical (unpaired) electrons. The van der Waals surface area contributed by atoms with Crippen molar-refractivity contribution in [3.05, 3.63) is 217 Å². The molecule has 0 aliphatic carbocycles. The van der Waals surface area contributed by atoms with E-state index in [1.807, 2.05) is 42.5 Å². The van der Waals surface area contributed by atoms with Crippen molar-refractivity contribution in [2.75, 3.05) is 0 Å². The fourth-order valence-corrected chi connectivity index (χ4v) is 8.70. The molecule has 2 aromatic heterocycles. The summed E-state index contributed by atoms with van der Waals surface area (Å²) in [5, 5.41) is 24.1. The predicted octanol–water partition coefficient (Wildman–Crippen LogP) is 13.7. The number of rotatable bonds is 6. The van der Waals surface area contributed by atoms with Gasteiger partial charge in [0.15, 0.2) is 0 Å². The largest absolute Gasteiger partial charge is 0.421 e. The van der Waals surface area contributed by atoms with Crippen molar-refractivity contribution in [3.63, 3.8) is 0 Å². The Bertz CT molecular complexity index is 3430. The first kappa shape index (κ1) is 34.2. The van der Waals surface area contributed by atoms with Crippen LogP contribution in [0.2, 0.25) is 0 Å². The maximum atomic E-state index is 8.57. The summed E-state index contributed by atoms with van der Waals surface area (Å²) in [7, 11) is 0. The average Bonchev–Trinajstić information content (AvgIpc) is 3.81. The maximum absolute atomic E-state index is 8.57. The summed E-state index contributed by atoms with van der Waals surface area (Å²) in [6.45, 7) is 0. The molecule has 2 N–H and O–H groups in total. The highest BCUT2D eigenvalue weighted by Crippen LogP contribution is 2.40. The van der Waals surface area contributed by atoms with Crippen molar-refractivity contribution in [3.8, 4) is 33.6 Å². The van der Waals surface area contributed by atoms with Crippen LogP contribution in [0.3, 0.4) is 0 Å². The molecule has 0 amide bonds. The van der Waals surface area contributed by atoms with E-state index >= 15 is 0 Å². The average molecular weight is 757 g/mol. The highest BCUT2D eigenvalue weighted by Gasteiger charge is 2.18. The van der Waals surface area contributed by atoms with Gasteiger partial charge in [0, 0.05) is 44.0 Å². The Labute approximate surface area is 340 Å². The summed E-state index contributed by atoms with van der Waals surface area (Å²) >= 11 is 0. The van der Waals surface area contributed by atoms with Crippen molar-refractivity contribution in [2.45, 2.75) is 0 Å². The minimum absolute atomic E-state index is 0.0513. The summed E-state index contributed by atoms with van der Waals surface area (Å²) in [5.41, 5.74) is 12.6. The fourth-order valence-electron chi connectivity index (χ4n) is 8.70. The number of nitrogens with zero attached hydrogens (tertiary/aromatic N) is 2. The molecular weight excluding hydrogens is 721 g/mol. The summed E-state index contributed by atoms with van der Waals surface area (Å²) in [6.07, 6.45) is 0. The summed E-state index contributed by atoms with van der Waals surface area (Å²) in [6, 6.07) is 71.9. The Hall–Kier alpha value is -8.02. The third-order valence-corrected chi connectivity index (χ3v) is 11.5. The van der Waals surface area contributed by atoms with Gasteiger partial charge in [-0.15, -0.1) is 0 Å². The van der Waals surface area contributed by atoms with Crippen molar-refractivity contribution < 1.29 is 4.74 Å². The molecule has 9 aromatic carbocycles. The van der Waals surface area contributed by atoms with E-state index in [1.165, 1.54) is 54.5 Å². The molecule has 0 saturated heterocycles. The first-order chi connectivity index (χ1) is 29.1. The molecule has 59 heavy (non-hydrogen) atoms. The molecule has 0 fully saturated rings. The van der Waals surface area contributed by atoms with E-state index in [-0.39, 0.29) is 11.8 Å². The van der Waals surface area contributed by atoms with Crippen LogP contribution in [0.15, 0.2) is 206 Å². The van der Waals surface area contributed by atoms with E-state index in [1.54, 1.807) is 12.1 Å². The number of hydrogen-bond donors (Lipinski definition) is 2. The lowest BCUT2D eigenvalue weighted by Gasteiger charge is -2.11. The molecule has 0 aliphatic heterocycles. The summed E-state index contributed by atoms with van der Waals surface area (Å²) in [4.78, 5) is 0. The van der Waals surface area contributed by atoms with Crippen LogP contribution >= 0.6 is 0 Å². The van der Waals surface area contributed by atoms with Gasteiger partial charge >= 0.3 is 0 Å². The first-order valence-electron chi connectivity index (χ1n) is 19.8. The Balaban J connectivity index is 1.01. The lowest BCUT2D eigenvalue weighted by molar-refractivity contribution is 0.538. The Morgan fingerprint density at radius 1 is 0.339 bits per heavy atom. The standard InChI is InChI=1S/C54H36N4O/c55-53(36-13-3-1-4-14-36)59-54(56)37-22-27-42(28-23-37)58-49-21-10-9-19-45(49)46-32-38(24-29-50(46)58)39-25-30-51-47(33-39)48-34-40(44-20-11-15-35-12-7-8-18-43(35)44)26-31-52(48)57(51)41-16-5-2-6-17-41/h1-34,55-56H. The molecule has 5 nitrogen and oxygen atoms in total. The molecule has 11 aromatic rings. The summed E-state index contributed by atoms with van der Waals surface area (Å²) < 4.78 is 10.3. The van der Waals surface area contributed by atoms with Crippen LogP contribution in [0, 0.1) is 10.8 Å². The van der Waals surface area contributed by atoms with Gasteiger partial charge in [-0.1, -0.05) is 115 Å². The molecule has 0 spiro atoms. The fraction of sp³-hybridized carbons (Fsp3) is 0. The van der Waals surface area contributed by atoms with Crippen LogP contribution in [0.4, 0.5) is 0 Å². The van der Waals surface area contributed by atoms with Crippen LogP contribution in [0.1, 0.15) is 11.1 Å². The van der Waals surface area contributed by atoms with Crippen molar-refractivity contribution in [1.29, 1.82) is 10.8 Å². The van der Waals surface area contributed by atoms with E-state index < -0.39 is 0 Å². The van der Waals surface area contributed by atoms with E-state index in [9.17, 15) is 0 Å². The van der Waals surface area contributed by atoms with E-state index in [0.29, 0.717) is 11.1 Å². The maximum Gasteiger partial charge on any atom is 0.221 e. The highest BCUT2D eigenvalue weighted by molar-refractivity contribution is 6.14. The van der Waals surface area contributed by atoms with Crippen LogP contribution in [0.5, 0.6) is 0 Å². The third kappa shape index (κ3) is 5.79. The molecule has 0 saturated carbocycles. The second-order valence-electron chi connectivity index (χ2n) is 14.9. The minimum atomic E-state index is -0.0640. The number of aromatic nitrogens is 2. The van der Waals surface area contributed by atoms with E-state index in [0.717, 1.165) is 33.5 Å². The van der Waals surface area contributed by atoms with Gasteiger partial charge in [-0.3, -0.25) is 10.8 Å². The van der Waals surface area contributed by atoms with Gasteiger partial charge in [0.25, 0.3) is 0 Å². The van der Waals surface area contributed by atoms with E-state index in [4.69, 9.17) is 15.6 Å². The van der Waals surface area contributed by atoms with Crippen LogP contribution < -0.4 is 0 Å². The molecule has 278 valence electrons. The Morgan fingerprint density at radius 3 is 1.46 bits per heavy atom. The van der Waals surface area contributed by atoms with E-state index in [2.05, 4.69) is 161 Å². The molecule has 0 bridgehead atoms. The number of hydrogen-bond acceptors (Lipinski definition) is 3. The predicted molar refractivity (Wildman–Crippen MR) is 245 cm³/mol. The molecule has 0 aliphatic rings. The SMILES string of the molecule is N=C(OC(=N)c1ccc(-n2c3ccccc3c3cc(-c4ccc5c(c4)c4cc(-c6cccc7ccccc67)ccc4n5-c4ccccc4)ccc32)cc1)c1ccccc1. The number of ether oxygens (including phenoxy) is 1. The molecule has 5 heteroatoms. The third-order valence-electron chi connectivity index (χ3n) is 11.5. The van der Waals surface area contributed by atoms with Crippen molar-refractivity contribution >= 4 is 66.2 Å². The number of para-hydroxylation sites is 2. The minimum Gasteiger partial charge on any atom is -0.421 e. The zero-order valence-electron chi connectivity index (χ0n) is 31.9. The molecule has 0 atom stereocenters. The number of nitrogens with one attached hydrogen (secondary N) is 2. The zero-order chi connectivity index (χ0) is 39.5. The molecule has 2 heterocycles. The van der Waals surface area contributed by atoms with Gasteiger partial charge in [-0.05, 0) is 124 Å². The van der Waals surface area contributed by atoms with Gasteiger partial charge in [0.1, 0.15) is 0 Å². The smallest absolute Gasteiger partial charge is 0.221 e. The van der Waals surface area contributed by atoms with Gasteiger partial charge in [-0.2, -0.15) is 0 Å². The quantitative estimate of drug-likeness (QED) is 0.129. The number of benzene rings is 9. The topological polar surface area (TPSA) is 66.8 Å². The second kappa shape index (κ2) is 13.9. The van der Waals surface area contributed by atoms with Gasteiger partial charge in [-0.25, -0.2) is 0 Å². The van der Waals surface area contributed by atoms with Gasteiger partial charge in [0.05, 0.1) is 22.1 Å². The molecule has 11 rings (SSSR count). The Kier molecular flexibility index (Phi) is 8.05. The molecular formula is C54H36N4O. The normalized spacial score (nSPS) is 11.5. The molecule has 0 unspecified atom stereocenters. The second-order valence-corrected chi connectivity index (χ2v) is 14.9. The zero-order valence-corrected chi connectivity index (χ0v) is 31.9. The monoisotopic (exact) mass is 756 g/mol. The highest BCUT2D eigenvalue weighted by atomic mass is 16.5.